The molecule has 2 aliphatic heterocycles. The molecule has 2 amide bonds. The van der Waals surface area contributed by atoms with Crippen molar-refractivity contribution in [3.8, 4) is 0 Å². The number of nitrogens with two attached hydrogens (primary N) is 1. The van der Waals surface area contributed by atoms with Crippen LogP contribution in [-0.2, 0) is 9.59 Å². The minimum Gasteiger partial charge on any atom is -0.364 e. The molecule has 0 aromatic carbocycles. The van der Waals surface area contributed by atoms with Gasteiger partial charge in [0.1, 0.15) is 11.9 Å². The summed E-state index contributed by atoms with van der Waals surface area (Å²) in [5.74, 6) is -2.72. The predicted molar refractivity (Wildman–Crippen MR) is 72.1 cm³/mol. The van der Waals surface area contributed by atoms with E-state index in [1.54, 1.807) is 0 Å². The molecule has 9 heteroatoms. The third kappa shape index (κ3) is 3.59. The molecular formula is C13H17F3N4O2. The summed E-state index contributed by atoms with van der Waals surface area (Å²) in [6.45, 7) is 1.06. The first-order chi connectivity index (χ1) is 10.3. The molecule has 2 aliphatic rings. The Hall–Kier alpha value is -2.03. The predicted octanol–water partition coefficient (Wildman–Crippen LogP) is -0.0160. The number of halogens is 3. The van der Waals surface area contributed by atoms with Crippen LogP contribution < -0.4 is 16.4 Å². The van der Waals surface area contributed by atoms with Gasteiger partial charge in [-0.15, -0.1) is 0 Å². The van der Waals surface area contributed by atoms with Crippen LogP contribution in [-0.4, -0.2) is 48.2 Å². The first-order valence-corrected chi connectivity index (χ1v) is 6.85. The minimum atomic E-state index is -4.98. The van der Waals surface area contributed by atoms with E-state index in [-0.39, 0.29) is 5.70 Å². The first kappa shape index (κ1) is 16.3. The van der Waals surface area contributed by atoms with Crippen molar-refractivity contribution in [2.75, 3.05) is 13.1 Å². The second kappa shape index (κ2) is 6.39. The third-order valence-corrected chi connectivity index (χ3v) is 3.60. The van der Waals surface area contributed by atoms with Crippen LogP contribution in [0.5, 0.6) is 0 Å². The summed E-state index contributed by atoms with van der Waals surface area (Å²) < 4.78 is 38.7. The average Bonchev–Trinajstić information content (AvgIpc) is 2.48. The Morgan fingerprint density at radius 1 is 1.27 bits per heavy atom. The number of nitrogens with zero attached hydrogens (tertiary/aromatic N) is 1. The number of amides is 2. The molecule has 6 nitrogen and oxygen atoms in total. The van der Waals surface area contributed by atoms with Crippen molar-refractivity contribution >= 4 is 11.8 Å². The van der Waals surface area contributed by atoms with Crippen molar-refractivity contribution < 1.29 is 22.8 Å². The molecule has 0 aromatic rings. The van der Waals surface area contributed by atoms with Crippen LogP contribution in [0.2, 0.25) is 0 Å². The normalized spacial score (nSPS) is 22.7. The summed E-state index contributed by atoms with van der Waals surface area (Å²) in [5.41, 5.74) is 5.10. The van der Waals surface area contributed by atoms with Crippen LogP contribution in [0.25, 0.3) is 0 Å². The maximum absolute atomic E-state index is 12.9. The summed E-state index contributed by atoms with van der Waals surface area (Å²) in [7, 11) is 0. The molecule has 1 fully saturated rings. The number of dihydropyridines is 1. The molecule has 1 saturated heterocycles. The summed E-state index contributed by atoms with van der Waals surface area (Å²) in [5, 5.41) is 5.62. The van der Waals surface area contributed by atoms with E-state index in [4.69, 9.17) is 5.73 Å². The number of rotatable bonds is 3. The molecule has 4 N–H and O–H groups in total. The van der Waals surface area contributed by atoms with E-state index in [0.717, 1.165) is 4.90 Å². The number of piperidine rings is 1. The Kier molecular flexibility index (Phi) is 4.74. The quantitative estimate of drug-likeness (QED) is 0.683. The number of carbonyl (C=O) groups is 2. The number of alkyl halides is 3. The van der Waals surface area contributed by atoms with Gasteiger partial charge in [-0.25, -0.2) is 0 Å². The molecule has 1 unspecified atom stereocenters. The van der Waals surface area contributed by atoms with E-state index >= 15 is 0 Å². The molecule has 0 radical (unpaired) electrons. The van der Waals surface area contributed by atoms with E-state index in [2.05, 4.69) is 10.6 Å². The topological polar surface area (TPSA) is 87.5 Å². The van der Waals surface area contributed by atoms with Crippen molar-refractivity contribution in [3.05, 3.63) is 23.9 Å². The van der Waals surface area contributed by atoms with Crippen LogP contribution in [0.1, 0.15) is 12.8 Å². The molecule has 2 rings (SSSR count). The number of carbonyl (C=O) groups excluding carboxylic acids is 2. The molecule has 22 heavy (non-hydrogen) atoms. The van der Waals surface area contributed by atoms with Crippen molar-refractivity contribution in [3.63, 3.8) is 0 Å². The summed E-state index contributed by atoms with van der Waals surface area (Å²) in [6, 6.07) is -0.565. The molecule has 0 saturated carbocycles. The number of hydrogen-bond donors (Lipinski definition) is 3. The van der Waals surface area contributed by atoms with Gasteiger partial charge in [0.2, 0.25) is 0 Å². The zero-order valence-corrected chi connectivity index (χ0v) is 11.7. The highest BCUT2D eigenvalue weighted by Crippen LogP contribution is 2.25. The molecular weight excluding hydrogens is 301 g/mol. The Balaban J connectivity index is 2.25. The van der Waals surface area contributed by atoms with Crippen LogP contribution >= 0.6 is 0 Å². The van der Waals surface area contributed by atoms with Crippen molar-refractivity contribution in [1.29, 1.82) is 0 Å². The maximum atomic E-state index is 12.9. The van der Waals surface area contributed by atoms with Gasteiger partial charge in [-0.1, -0.05) is 6.08 Å². The van der Waals surface area contributed by atoms with Crippen LogP contribution in [0.3, 0.4) is 0 Å². The molecule has 0 aromatic heterocycles. The fourth-order valence-electron chi connectivity index (χ4n) is 2.58. The van der Waals surface area contributed by atoms with Crippen LogP contribution in [0.15, 0.2) is 23.9 Å². The molecule has 1 atom stereocenters. The number of nitrogens with one attached hydrogen (secondary N) is 2. The van der Waals surface area contributed by atoms with Crippen LogP contribution in [0, 0.1) is 0 Å². The van der Waals surface area contributed by atoms with Gasteiger partial charge in [0, 0.05) is 6.04 Å². The van der Waals surface area contributed by atoms with Crippen LogP contribution in [0.4, 0.5) is 13.2 Å². The van der Waals surface area contributed by atoms with E-state index < -0.39 is 30.2 Å². The molecule has 2 heterocycles. The Labute approximate surface area is 125 Å². The summed E-state index contributed by atoms with van der Waals surface area (Å²) in [4.78, 5) is 23.8. The fourth-order valence-corrected chi connectivity index (χ4v) is 2.58. The zero-order valence-electron chi connectivity index (χ0n) is 11.7. The fraction of sp³-hybridized carbons (Fsp3) is 0.538. The maximum Gasteiger partial charge on any atom is 0.471 e. The lowest BCUT2D eigenvalue weighted by atomic mass is 10.0. The van der Waals surface area contributed by atoms with E-state index in [0.29, 0.717) is 25.9 Å². The van der Waals surface area contributed by atoms with Gasteiger partial charge in [-0.2, -0.15) is 13.2 Å². The highest BCUT2D eigenvalue weighted by atomic mass is 19.4. The van der Waals surface area contributed by atoms with Gasteiger partial charge in [0.25, 0.3) is 5.91 Å². The van der Waals surface area contributed by atoms with Gasteiger partial charge in [0.05, 0.1) is 0 Å². The van der Waals surface area contributed by atoms with Crippen molar-refractivity contribution in [2.45, 2.75) is 31.2 Å². The Bertz CT molecular complexity index is 510. The zero-order chi connectivity index (χ0) is 16.3. The third-order valence-electron chi connectivity index (χ3n) is 3.60. The molecule has 0 aliphatic carbocycles. The number of primary amides is 1. The van der Waals surface area contributed by atoms with Gasteiger partial charge < -0.3 is 21.3 Å². The van der Waals surface area contributed by atoms with Gasteiger partial charge >= 0.3 is 12.1 Å². The molecule has 0 bridgehead atoms. The van der Waals surface area contributed by atoms with E-state index in [1.807, 2.05) is 0 Å². The molecule has 0 spiro atoms. The minimum absolute atomic E-state index is 0.0265. The summed E-state index contributed by atoms with van der Waals surface area (Å²) in [6.07, 6.45) is -1.04. The summed E-state index contributed by atoms with van der Waals surface area (Å²) >= 11 is 0. The first-order valence-electron chi connectivity index (χ1n) is 6.85. The Morgan fingerprint density at radius 2 is 1.91 bits per heavy atom. The monoisotopic (exact) mass is 318 g/mol. The van der Waals surface area contributed by atoms with E-state index in [9.17, 15) is 22.8 Å². The smallest absolute Gasteiger partial charge is 0.364 e. The second-order valence-corrected chi connectivity index (χ2v) is 5.11. The highest BCUT2D eigenvalue weighted by Gasteiger charge is 2.47. The van der Waals surface area contributed by atoms with Crippen molar-refractivity contribution in [1.82, 2.24) is 15.5 Å². The second-order valence-electron chi connectivity index (χ2n) is 5.11. The lowest BCUT2D eigenvalue weighted by Crippen LogP contribution is -2.59. The lowest BCUT2D eigenvalue weighted by Gasteiger charge is -2.40. The van der Waals surface area contributed by atoms with Gasteiger partial charge in [-0.05, 0) is 38.1 Å². The standard InChI is InChI=1S/C13H17F3N4O2/c14-13(15,16)12(22)20(8-4-6-18-7-5-8)10-3-1-2-9(19-10)11(17)21/h1-3,8,10,18-19H,4-7H2,(H2,17,21). The average molecular weight is 318 g/mol. The van der Waals surface area contributed by atoms with Crippen molar-refractivity contribution in [2.24, 2.45) is 5.73 Å². The number of allylic oxidation sites excluding steroid dienone is 2. The van der Waals surface area contributed by atoms with E-state index in [1.165, 1.54) is 18.2 Å². The molecule has 122 valence electrons. The largest absolute Gasteiger partial charge is 0.471 e. The number of hydrogen-bond acceptors (Lipinski definition) is 4. The van der Waals surface area contributed by atoms with Gasteiger partial charge in [0.15, 0.2) is 0 Å². The highest BCUT2D eigenvalue weighted by molar-refractivity contribution is 5.92. The van der Waals surface area contributed by atoms with Gasteiger partial charge in [-0.3, -0.25) is 9.59 Å². The lowest BCUT2D eigenvalue weighted by molar-refractivity contribution is -0.190. The Morgan fingerprint density at radius 3 is 2.45 bits per heavy atom. The SMILES string of the molecule is NC(=O)C1=CC=CC(N(C(=O)C(F)(F)F)C2CCNCC2)N1.